The molecule has 198 valence electrons. The van der Waals surface area contributed by atoms with Crippen molar-refractivity contribution in [2.24, 2.45) is 11.7 Å². The van der Waals surface area contributed by atoms with Crippen LogP contribution in [0, 0.1) is 17.2 Å². The number of amides is 1. The fourth-order valence-corrected chi connectivity index (χ4v) is 4.31. The molecule has 2 heterocycles. The van der Waals surface area contributed by atoms with Gasteiger partial charge >= 0.3 is 5.97 Å². The molecule has 0 saturated carbocycles. The number of esters is 1. The maximum absolute atomic E-state index is 12.7. The molecule has 0 radical (unpaired) electrons. The number of nitriles is 1. The molecule has 0 bridgehead atoms. The van der Waals surface area contributed by atoms with Gasteiger partial charge in [0.1, 0.15) is 11.7 Å². The minimum atomic E-state index is -0.723. The second-order valence-electron chi connectivity index (χ2n) is 9.46. The molecule has 8 nitrogen and oxygen atoms in total. The Morgan fingerprint density at radius 3 is 2.62 bits per heavy atom. The molecule has 2 aromatic carbocycles. The first-order valence-corrected chi connectivity index (χ1v) is 12.8. The maximum atomic E-state index is 12.7. The Kier molecular flexibility index (Phi) is 8.23. The first-order chi connectivity index (χ1) is 18.7. The second kappa shape index (κ2) is 11.8. The van der Waals surface area contributed by atoms with E-state index in [9.17, 15) is 14.9 Å². The highest BCUT2D eigenvalue weighted by Gasteiger charge is 2.25. The van der Waals surface area contributed by atoms with Gasteiger partial charge in [-0.25, -0.2) is 4.98 Å². The lowest BCUT2D eigenvalue weighted by Crippen LogP contribution is -2.38. The number of fused-ring (bicyclic) bond motifs is 1. The summed E-state index contributed by atoms with van der Waals surface area (Å²) in [6.45, 7) is 9.17. The summed E-state index contributed by atoms with van der Waals surface area (Å²) in [6.07, 6.45) is 4.93. The zero-order valence-electron chi connectivity index (χ0n) is 22.2. The van der Waals surface area contributed by atoms with Crippen molar-refractivity contribution in [3.05, 3.63) is 85.2 Å². The Labute approximate surface area is 227 Å². The lowest BCUT2D eigenvalue weighted by Gasteiger charge is -2.21. The van der Waals surface area contributed by atoms with E-state index in [4.69, 9.17) is 15.5 Å². The third-order valence-corrected chi connectivity index (χ3v) is 6.83. The molecule has 2 aromatic heterocycles. The van der Waals surface area contributed by atoms with Gasteiger partial charge in [-0.1, -0.05) is 51.1 Å². The third kappa shape index (κ3) is 5.89. The number of hydrogen-bond acceptors (Lipinski definition) is 6. The molecule has 0 aliphatic heterocycles. The lowest BCUT2D eigenvalue weighted by atomic mass is 10.0. The largest absolute Gasteiger partial charge is 0.440 e. The number of nitrogens with one attached hydrogen (secondary N) is 1. The van der Waals surface area contributed by atoms with E-state index in [1.807, 2.05) is 62.5 Å². The molecule has 1 amide bonds. The molecule has 0 saturated heterocycles. The lowest BCUT2D eigenvalue weighted by molar-refractivity contribution is -0.155. The quantitative estimate of drug-likeness (QED) is 0.212. The van der Waals surface area contributed by atoms with Crippen LogP contribution in [0.2, 0.25) is 0 Å². The van der Waals surface area contributed by atoms with Gasteiger partial charge in [-0.3, -0.25) is 14.2 Å². The summed E-state index contributed by atoms with van der Waals surface area (Å²) in [4.78, 5) is 29.3. The van der Waals surface area contributed by atoms with Crippen LogP contribution in [0.25, 0.3) is 33.3 Å². The Bertz CT molecular complexity index is 1580. The van der Waals surface area contributed by atoms with E-state index in [0.29, 0.717) is 16.9 Å². The molecule has 39 heavy (non-hydrogen) atoms. The van der Waals surface area contributed by atoms with Crippen molar-refractivity contribution in [1.82, 2.24) is 9.55 Å². The first kappa shape index (κ1) is 27.3. The summed E-state index contributed by atoms with van der Waals surface area (Å²) in [6, 6.07) is 18.2. The number of aromatic nitrogens is 2. The molecule has 3 unspecified atom stereocenters. The smallest absolute Gasteiger partial charge is 0.325 e. The van der Waals surface area contributed by atoms with Gasteiger partial charge in [0.2, 0.25) is 5.91 Å². The van der Waals surface area contributed by atoms with Crippen molar-refractivity contribution < 1.29 is 14.3 Å². The van der Waals surface area contributed by atoms with Gasteiger partial charge in [-0.05, 0) is 60.4 Å². The van der Waals surface area contributed by atoms with Crippen LogP contribution >= 0.6 is 0 Å². The normalized spacial score (nSPS) is 13.2. The topological polar surface area (TPSA) is 123 Å². The minimum absolute atomic E-state index is 0.0110. The predicted molar refractivity (Wildman–Crippen MR) is 152 cm³/mol. The van der Waals surface area contributed by atoms with E-state index in [1.54, 1.807) is 29.8 Å². The van der Waals surface area contributed by atoms with E-state index in [2.05, 4.69) is 18.0 Å². The zero-order valence-corrected chi connectivity index (χ0v) is 22.2. The van der Waals surface area contributed by atoms with Crippen LogP contribution in [-0.4, -0.2) is 27.5 Å². The Hall–Kier alpha value is -4.74. The van der Waals surface area contributed by atoms with Crippen molar-refractivity contribution in [3.63, 3.8) is 0 Å². The van der Waals surface area contributed by atoms with Crippen molar-refractivity contribution in [2.75, 3.05) is 5.32 Å². The summed E-state index contributed by atoms with van der Waals surface area (Å²) in [5.41, 5.74) is 11.2. The predicted octanol–water partition coefficient (Wildman–Crippen LogP) is 5.80. The molecule has 0 spiro atoms. The number of anilines is 1. The number of carbonyl (C=O) groups excluding carboxylic acids is 2. The minimum Gasteiger partial charge on any atom is -0.440 e. The zero-order chi connectivity index (χ0) is 28.1. The average Bonchev–Trinajstić information content (AvgIpc) is 3.35. The highest BCUT2D eigenvalue weighted by Crippen LogP contribution is 2.35. The number of pyridine rings is 1. The number of benzene rings is 2. The standard InChI is InChI=1S/C31H31N5O3/c1-5-19(3)29(33)31(38)39-20(4)36-18-27(23-11-7-9-21(13-23)16-32)26-15-24(17-34-30(26)36)22-10-8-12-25(14-22)35-28(37)6-2/h6-15,17-20,29H,2,5,33H2,1,3-4H3,(H,35,37). The number of carbonyl (C=O) groups is 2. The molecule has 3 atom stereocenters. The van der Waals surface area contributed by atoms with Crippen LogP contribution in [-0.2, 0) is 14.3 Å². The van der Waals surface area contributed by atoms with Gasteiger partial charge in [0, 0.05) is 34.6 Å². The van der Waals surface area contributed by atoms with Crippen molar-refractivity contribution in [1.29, 1.82) is 5.26 Å². The van der Waals surface area contributed by atoms with Crippen molar-refractivity contribution >= 4 is 28.6 Å². The van der Waals surface area contributed by atoms with Gasteiger partial charge < -0.3 is 15.8 Å². The fourth-order valence-electron chi connectivity index (χ4n) is 4.31. The molecule has 0 fully saturated rings. The van der Waals surface area contributed by atoms with Gasteiger partial charge in [0.05, 0.1) is 11.6 Å². The van der Waals surface area contributed by atoms with Crippen molar-refractivity contribution in [3.8, 4) is 28.3 Å². The molecule has 8 heteroatoms. The summed E-state index contributed by atoms with van der Waals surface area (Å²) in [7, 11) is 0. The summed E-state index contributed by atoms with van der Waals surface area (Å²) in [5, 5.41) is 13.1. The van der Waals surface area contributed by atoms with E-state index < -0.39 is 18.2 Å². The van der Waals surface area contributed by atoms with Gasteiger partial charge in [-0.2, -0.15) is 5.26 Å². The van der Waals surface area contributed by atoms with E-state index in [0.717, 1.165) is 34.1 Å². The Morgan fingerprint density at radius 1 is 1.15 bits per heavy atom. The number of rotatable bonds is 9. The summed E-state index contributed by atoms with van der Waals surface area (Å²) in [5.74, 6) is -0.779. The maximum Gasteiger partial charge on any atom is 0.325 e. The van der Waals surface area contributed by atoms with E-state index >= 15 is 0 Å². The highest BCUT2D eigenvalue weighted by molar-refractivity contribution is 6.00. The monoisotopic (exact) mass is 521 g/mol. The highest BCUT2D eigenvalue weighted by atomic mass is 16.6. The van der Waals surface area contributed by atoms with E-state index in [-0.39, 0.29) is 11.8 Å². The van der Waals surface area contributed by atoms with E-state index in [1.165, 1.54) is 6.08 Å². The average molecular weight is 522 g/mol. The van der Waals surface area contributed by atoms with Crippen LogP contribution < -0.4 is 11.1 Å². The Morgan fingerprint density at radius 2 is 1.90 bits per heavy atom. The van der Waals surface area contributed by atoms with Crippen LogP contribution in [0.15, 0.2) is 79.6 Å². The molecule has 0 aliphatic carbocycles. The SMILES string of the molecule is C=CC(=O)Nc1cccc(-c2cnc3c(c2)c(-c2cccc(C#N)c2)cn3C(C)OC(=O)C(N)C(C)CC)c1. The number of nitrogens with zero attached hydrogens (tertiary/aromatic N) is 3. The number of hydrogen-bond donors (Lipinski definition) is 2. The summed E-state index contributed by atoms with van der Waals surface area (Å²) < 4.78 is 7.56. The molecular weight excluding hydrogens is 490 g/mol. The molecular formula is C31H31N5O3. The van der Waals surface area contributed by atoms with Gasteiger partial charge in [0.25, 0.3) is 0 Å². The van der Waals surface area contributed by atoms with Gasteiger partial charge in [-0.15, -0.1) is 0 Å². The Balaban J connectivity index is 1.80. The van der Waals surface area contributed by atoms with Crippen LogP contribution in [0.3, 0.4) is 0 Å². The van der Waals surface area contributed by atoms with Crippen LogP contribution in [0.5, 0.6) is 0 Å². The van der Waals surface area contributed by atoms with Crippen LogP contribution in [0.1, 0.15) is 39.0 Å². The molecule has 3 N–H and O–H groups in total. The molecule has 4 rings (SSSR count). The van der Waals surface area contributed by atoms with Gasteiger partial charge in [0.15, 0.2) is 6.23 Å². The fraction of sp³-hybridized carbons (Fsp3) is 0.226. The van der Waals surface area contributed by atoms with Crippen LogP contribution in [0.4, 0.5) is 5.69 Å². The summed E-state index contributed by atoms with van der Waals surface area (Å²) >= 11 is 0. The number of nitrogens with two attached hydrogens (primary N) is 1. The molecule has 4 aromatic rings. The number of ether oxygens (including phenoxy) is 1. The molecule has 0 aliphatic rings. The third-order valence-electron chi connectivity index (χ3n) is 6.83. The van der Waals surface area contributed by atoms with Crippen molar-refractivity contribution in [2.45, 2.75) is 39.5 Å². The second-order valence-corrected chi connectivity index (χ2v) is 9.46. The first-order valence-electron chi connectivity index (χ1n) is 12.8.